The monoisotopic (exact) mass is 568 g/mol. The van der Waals surface area contributed by atoms with Crippen LogP contribution in [0.2, 0.25) is 0 Å². The van der Waals surface area contributed by atoms with Crippen molar-refractivity contribution < 1.29 is 21.6 Å². The minimum atomic E-state index is -4.40. The van der Waals surface area contributed by atoms with Crippen LogP contribution in [0.1, 0.15) is 23.6 Å². The van der Waals surface area contributed by atoms with Crippen molar-refractivity contribution in [3.63, 3.8) is 0 Å². The number of halogens is 3. The maximum Gasteiger partial charge on any atom is 0.416 e. The summed E-state index contributed by atoms with van der Waals surface area (Å²) in [6, 6.07) is 22.5. The van der Waals surface area contributed by atoms with Gasteiger partial charge in [-0.1, -0.05) is 48.5 Å². The van der Waals surface area contributed by atoms with Gasteiger partial charge in [0.2, 0.25) is 5.95 Å². The van der Waals surface area contributed by atoms with E-state index in [0.29, 0.717) is 35.9 Å². The first-order chi connectivity index (χ1) is 19.0. The molecule has 0 aliphatic carbocycles. The van der Waals surface area contributed by atoms with Gasteiger partial charge in [0.25, 0.3) is 0 Å². The first kappa shape index (κ1) is 28.6. The van der Waals surface area contributed by atoms with Gasteiger partial charge in [-0.05, 0) is 54.8 Å². The normalized spacial score (nSPS) is 12.2. The molecule has 0 saturated heterocycles. The lowest BCUT2D eigenvalue weighted by atomic mass is 10.1. The number of aromatic nitrogens is 2. The van der Waals surface area contributed by atoms with Crippen LogP contribution in [0.5, 0.6) is 0 Å². The smallest absolute Gasteiger partial charge is 0.370 e. The highest BCUT2D eigenvalue weighted by atomic mass is 32.2. The average molecular weight is 569 g/mol. The topological polar surface area (TPSA) is 108 Å². The molecule has 208 valence electrons. The molecule has 1 aromatic heterocycles. The van der Waals surface area contributed by atoms with Crippen molar-refractivity contribution in [2.75, 3.05) is 28.9 Å². The van der Waals surface area contributed by atoms with Gasteiger partial charge in [0.15, 0.2) is 15.7 Å². The van der Waals surface area contributed by atoms with Crippen molar-refractivity contribution >= 4 is 38.8 Å². The van der Waals surface area contributed by atoms with E-state index in [1.54, 1.807) is 31.2 Å². The van der Waals surface area contributed by atoms with Crippen LogP contribution < -0.4 is 16.1 Å². The minimum absolute atomic E-state index is 0.213. The summed E-state index contributed by atoms with van der Waals surface area (Å²) in [5.74, 6) is 1.08. The third-order valence-electron chi connectivity index (χ3n) is 5.77. The molecule has 3 aromatic carbocycles. The van der Waals surface area contributed by atoms with Gasteiger partial charge in [-0.2, -0.15) is 28.2 Å². The molecule has 0 spiro atoms. The fourth-order valence-corrected chi connectivity index (χ4v) is 4.32. The van der Waals surface area contributed by atoms with Crippen LogP contribution in [0.3, 0.4) is 0 Å². The van der Waals surface area contributed by atoms with Crippen molar-refractivity contribution in [3.8, 4) is 0 Å². The van der Waals surface area contributed by atoms with Crippen LogP contribution in [-0.2, 0) is 22.4 Å². The largest absolute Gasteiger partial charge is 0.416 e. The molecule has 0 unspecified atom stereocenters. The predicted molar refractivity (Wildman–Crippen MR) is 151 cm³/mol. The molecule has 0 radical (unpaired) electrons. The van der Waals surface area contributed by atoms with E-state index >= 15 is 0 Å². The van der Waals surface area contributed by atoms with Crippen molar-refractivity contribution in [3.05, 3.63) is 102 Å². The van der Waals surface area contributed by atoms with Crippen molar-refractivity contribution in [1.29, 1.82) is 0 Å². The van der Waals surface area contributed by atoms with Crippen molar-refractivity contribution in [2.45, 2.75) is 24.4 Å². The quantitative estimate of drug-likeness (QED) is 0.156. The maximum absolute atomic E-state index is 13.0. The Morgan fingerprint density at radius 1 is 0.900 bits per heavy atom. The van der Waals surface area contributed by atoms with Gasteiger partial charge in [-0.15, -0.1) is 0 Å². The molecule has 0 fully saturated rings. The Morgan fingerprint density at radius 2 is 1.60 bits per heavy atom. The van der Waals surface area contributed by atoms with Crippen LogP contribution in [0.15, 0.2) is 94.9 Å². The summed E-state index contributed by atoms with van der Waals surface area (Å²) in [6.45, 7) is 2.10. The second-order valence-corrected chi connectivity index (χ2v) is 10.9. The fraction of sp³-hybridized carbons (Fsp3) is 0.179. The Balaban J connectivity index is 1.51. The number of hydrogen-bond acceptors (Lipinski definition) is 8. The molecule has 12 heteroatoms. The number of nitrogens with one attached hydrogen (secondary N) is 3. The molecule has 4 rings (SSSR count). The first-order valence-corrected chi connectivity index (χ1v) is 14.1. The van der Waals surface area contributed by atoms with E-state index in [9.17, 15) is 21.6 Å². The number of hydrogen-bond donors (Lipinski definition) is 3. The molecule has 8 nitrogen and oxygen atoms in total. The number of benzene rings is 3. The Bertz CT molecular complexity index is 1590. The zero-order valence-corrected chi connectivity index (χ0v) is 22.5. The molecule has 0 atom stereocenters. The highest BCUT2D eigenvalue weighted by molar-refractivity contribution is 7.90. The number of alkyl halides is 3. The molecule has 0 amide bonds. The van der Waals surface area contributed by atoms with Gasteiger partial charge in [-0.25, -0.2) is 8.42 Å². The van der Waals surface area contributed by atoms with Gasteiger partial charge in [0.1, 0.15) is 5.82 Å². The molecule has 1 heterocycles. The van der Waals surface area contributed by atoms with Crippen LogP contribution >= 0.6 is 0 Å². The van der Waals surface area contributed by atoms with Gasteiger partial charge in [0.05, 0.1) is 16.2 Å². The number of hydrazone groups is 1. The molecule has 0 aliphatic heterocycles. The molecule has 0 bridgehead atoms. The molecular weight excluding hydrogens is 541 g/mol. The summed E-state index contributed by atoms with van der Waals surface area (Å²) in [4.78, 5) is 9.15. The molecule has 40 heavy (non-hydrogen) atoms. The first-order valence-electron chi connectivity index (χ1n) is 12.2. The summed E-state index contributed by atoms with van der Waals surface area (Å²) in [7, 11) is -3.31. The molecule has 3 N–H and O–H groups in total. The Labute approximate surface area is 230 Å². The van der Waals surface area contributed by atoms with Crippen LogP contribution in [-0.4, -0.2) is 36.9 Å². The van der Waals surface area contributed by atoms with E-state index in [1.165, 1.54) is 18.2 Å². The lowest BCUT2D eigenvalue weighted by Crippen LogP contribution is -2.10. The summed E-state index contributed by atoms with van der Waals surface area (Å²) in [5.41, 5.74) is 4.83. The van der Waals surface area contributed by atoms with Crippen LogP contribution in [0.4, 0.5) is 36.4 Å². The molecule has 0 saturated carbocycles. The van der Waals surface area contributed by atoms with Gasteiger partial charge < -0.3 is 10.6 Å². The highest BCUT2D eigenvalue weighted by Gasteiger charge is 2.30. The number of nitrogens with zero attached hydrogens (tertiary/aromatic N) is 3. The van der Waals surface area contributed by atoms with Gasteiger partial charge in [0, 0.05) is 24.6 Å². The second kappa shape index (κ2) is 12.2. The summed E-state index contributed by atoms with van der Waals surface area (Å²) in [5, 5.41) is 10.6. The zero-order valence-electron chi connectivity index (χ0n) is 21.7. The highest BCUT2D eigenvalue weighted by Crippen LogP contribution is 2.29. The molecular formula is C28H27F3N6O2S. The maximum atomic E-state index is 13.0. The summed E-state index contributed by atoms with van der Waals surface area (Å²) in [6.07, 6.45) is -2.91. The Hall–Kier alpha value is -4.45. The SMILES string of the molecule is CC(=NNc1cc(NCCc2cccc(C(F)(F)F)c2)nc(Nc2ccccc2)n1)c1ccc(S(C)(=O)=O)cc1. The standard InChI is InChI=1S/C28H27F3N6O2S/c1-19(21-11-13-24(14-12-21)40(2,38)39)36-37-26-18-25(34-27(35-26)33-23-9-4-3-5-10-23)32-16-15-20-7-6-8-22(17-20)28(29,30)31/h3-14,17-18H,15-16H2,1-2H3,(H3,32,33,34,35,37). The van der Waals surface area contributed by atoms with E-state index in [0.717, 1.165) is 29.6 Å². The van der Waals surface area contributed by atoms with Gasteiger partial charge in [-0.3, -0.25) is 5.43 Å². The van der Waals surface area contributed by atoms with Crippen LogP contribution in [0.25, 0.3) is 0 Å². The minimum Gasteiger partial charge on any atom is -0.370 e. The van der Waals surface area contributed by atoms with Crippen molar-refractivity contribution in [2.24, 2.45) is 5.10 Å². The van der Waals surface area contributed by atoms with E-state index in [1.807, 2.05) is 30.3 Å². The number of para-hydroxylation sites is 1. The molecule has 4 aromatic rings. The number of anilines is 4. The number of rotatable bonds is 10. The molecule has 0 aliphatic rings. The van der Waals surface area contributed by atoms with Crippen molar-refractivity contribution in [1.82, 2.24) is 9.97 Å². The third-order valence-corrected chi connectivity index (χ3v) is 6.90. The lowest BCUT2D eigenvalue weighted by Gasteiger charge is -2.12. The fourth-order valence-electron chi connectivity index (χ4n) is 3.69. The zero-order chi connectivity index (χ0) is 28.8. The van der Waals surface area contributed by atoms with E-state index < -0.39 is 21.6 Å². The second-order valence-electron chi connectivity index (χ2n) is 8.93. The third kappa shape index (κ3) is 8.03. The van der Waals surface area contributed by atoms with E-state index in [4.69, 9.17) is 0 Å². The average Bonchev–Trinajstić information content (AvgIpc) is 2.91. The predicted octanol–water partition coefficient (Wildman–Crippen LogP) is 6.13. The van der Waals surface area contributed by atoms with E-state index in [-0.39, 0.29) is 10.8 Å². The Kier molecular flexibility index (Phi) is 8.68. The number of sulfone groups is 1. The lowest BCUT2D eigenvalue weighted by molar-refractivity contribution is -0.137. The van der Waals surface area contributed by atoms with Gasteiger partial charge >= 0.3 is 6.18 Å². The van der Waals surface area contributed by atoms with E-state index in [2.05, 4.69) is 31.1 Å². The Morgan fingerprint density at radius 3 is 2.27 bits per heavy atom. The summed E-state index contributed by atoms with van der Waals surface area (Å²) >= 11 is 0. The van der Waals surface area contributed by atoms with Crippen LogP contribution in [0, 0.1) is 0 Å². The summed E-state index contributed by atoms with van der Waals surface area (Å²) < 4.78 is 62.6.